The highest BCUT2D eigenvalue weighted by Crippen LogP contribution is 1.84. The highest BCUT2D eigenvalue weighted by molar-refractivity contribution is 9.05. The Morgan fingerprint density at radius 3 is 2.33 bits per heavy atom. The summed E-state index contributed by atoms with van der Waals surface area (Å²) in [5, 5.41) is 0. The second-order valence-corrected chi connectivity index (χ2v) is 0.902. The van der Waals surface area contributed by atoms with Gasteiger partial charge in [-0.05, 0) is 0 Å². The number of halogens is 1. The van der Waals surface area contributed by atoms with Crippen molar-refractivity contribution < 1.29 is 13.7 Å². The van der Waals surface area contributed by atoms with E-state index in [2.05, 4.69) is 25.1 Å². The zero-order valence-corrected chi connectivity index (χ0v) is 4.69. The zero-order chi connectivity index (χ0) is 4.99. The second-order valence-electron chi connectivity index (χ2n) is 0.638. The summed E-state index contributed by atoms with van der Waals surface area (Å²) in [6, 6.07) is 0. The molecule has 0 amide bonds. The van der Waals surface area contributed by atoms with Gasteiger partial charge < -0.3 is 0 Å². The van der Waals surface area contributed by atoms with E-state index in [0.717, 1.165) is 0 Å². The highest BCUT2D eigenvalue weighted by Gasteiger charge is 1.85. The minimum Gasteiger partial charge on any atom is -0.287 e. The van der Waals surface area contributed by atoms with Gasteiger partial charge in [-0.3, -0.25) is 4.89 Å². The first-order chi connectivity index (χ1) is 2.77. The molecule has 0 saturated heterocycles. The fraction of sp³-hybridized carbons (Fsp3) is 0.500. The van der Waals surface area contributed by atoms with Crippen molar-refractivity contribution in [1.82, 2.24) is 0 Å². The molecule has 3 nitrogen and oxygen atoms in total. The summed E-state index contributed by atoms with van der Waals surface area (Å²) in [7, 11) is 0. The summed E-state index contributed by atoms with van der Waals surface area (Å²) in [5.41, 5.74) is 0. The first-order valence-electron chi connectivity index (χ1n) is 1.23. The standard InChI is InChI=1S/C2H3BrO3/c1-2(4)5-6-3/h1H3. The van der Waals surface area contributed by atoms with Crippen molar-refractivity contribution in [2.45, 2.75) is 6.92 Å². The van der Waals surface area contributed by atoms with Crippen molar-refractivity contribution in [3.63, 3.8) is 0 Å². The smallest absolute Gasteiger partial charge is 0.287 e. The first kappa shape index (κ1) is 5.91. The Morgan fingerprint density at radius 1 is 1.83 bits per heavy atom. The van der Waals surface area contributed by atoms with Gasteiger partial charge >= 0.3 is 5.97 Å². The number of carbonyl (C=O) groups is 1. The lowest BCUT2D eigenvalue weighted by molar-refractivity contribution is -0.198. The molecule has 0 N–H and O–H groups in total. The molecule has 0 radical (unpaired) electrons. The third kappa shape index (κ3) is 3.91. The molecule has 0 aromatic carbocycles. The molecule has 4 heteroatoms. The van der Waals surface area contributed by atoms with Crippen molar-refractivity contribution in [1.29, 1.82) is 0 Å². The summed E-state index contributed by atoms with van der Waals surface area (Å²) < 4.78 is 3.77. The first-order valence-corrected chi connectivity index (χ1v) is 1.88. The third-order valence-electron chi connectivity index (χ3n) is 0.149. The molecule has 0 rings (SSSR count). The Balaban J connectivity index is 2.83. The van der Waals surface area contributed by atoms with Gasteiger partial charge in [0.1, 0.15) is 0 Å². The molecule has 6 heavy (non-hydrogen) atoms. The zero-order valence-electron chi connectivity index (χ0n) is 3.10. The van der Waals surface area contributed by atoms with Crippen molar-refractivity contribution in [3.05, 3.63) is 0 Å². The molecule has 0 heterocycles. The van der Waals surface area contributed by atoms with E-state index in [9.17, 15) is 4.79 Å². The van der Waals surface area contributed by atoms with Gasteiger partial charge in [-0.2, -0.15) is 0 Å². The van der Waals surface area contributed by atoms with Crippen LogP contribution in [0.15, 0.2) is 0 Å². The molecule has 0 aromatic heterocycles. The summed E-state index contributed by atoms with van der Waals surface area (Å²) in [6.45, 7) is 1.24. The van der Waals surface area contributed by atoms with E-state index < -0.39 is 5.97 Å². The van der Waals surface area contributed by atoms with E-state index in [1.54, 1.807) is 0 Å². The SMILES string of the molecule is CC(=O)OOBr. The minimum atomic E-state index is -0.480. The van der Waals surface area contributed by atoms with Crippen LogP contribution in [-0.4, -0.2) is 5.97 Å². The Hall–Kier alpha value is -0.0900. The van der Waals surface area contributed by atoms with Gasteiger partial charge in [0.25, 0.3) is 0 Å². The predicted molar refractivity (Wildman–Crippen MR) is 21.8 cm³/mol. The van der Waals surface area contributed by atoms with Crippen molar-refractivity contribution in [2.24, 2.45) is 0 Å². The van der Waals surface area contributed by atoms with Crippen LogP contribution in [0.3, 0.4) is 0 Å². The Labute approximate surface area is 43.6 Å². The highest BCUT2D eigenvalue weighted by atomic mass is 79.9. The fourth-order valence-electron chi connectivity index (χ4n) is 0.0444. The summed E-state index contributed by atoms with van der Waals surface area (Å²) in [5.74, 6) is -0.480. The van der Waals surface area contributed by atoms with Crippen LogP contribution in [0.1, 0.15) is 6.92 Å². The third-order valence-corrected chi connectivity index (χ3v) is 0.281. The number of hydrogen-bond acceptors (Lipinski definition) is 3. The van der Waals surface area contributed by atoms with Crippen LogP contribution in [0.2, 0.25) is 0 Å². The Kier molecular flexibility index (Phi) is 3.07. The summed E-state index contributed by atoms with van der Waals surface area (Å²) >= 11 is 2.41. The molecule has 0 atom stereocenters. The maximum Gasteiger partial charge on any atom is 0.340 e. The van der Waals surface area contributed by atoms with Gasteiger partial charge in [-0.15, -0.1) is 3.98 Å². The molecule has 0 unspecified atom stereocenters. The molecule has 36 valence electrons. The van der Waals surface area contributed by atoms with Crippen molar-refractivity contribution in [3.8, 4) is 0 Å². The maximum absolute atomic E-state index is 9.67. The molecule has 0 aliphatic rings. The maximum atomic E-state index is 9.67. The lowest BCUT2D eigenvalue weighted by Crippen LogP contribution is -1.91. The molecule has 0 aliphatic heterocycles. The van der Waals surface area contributed by atoms with E-state index in [1.165, 1.54) is 6.92 Å². The van der Waals surface area contributed by atoms with E-state index in [1.807, 2.05) is 0 Å². The molecular weight excluding hydrogens is 152 g/mol. The van der Waals surface area contributed by atoms with Crippen molar-refractivity contribution >= 4 is 22.2 Å². The molecular formula is C2H3BrO3. The van der Waals surface area contributed by atoms with E-state index in [0.29, 0.717) is 0 Å². The average molecular weight is 155 g/mol. The van der Waals surface area contributed by atoms with Gasteiger partial charge in [0.05, 0.1) is 0 Å². The van der Waals surface area contributed by atoms with Crippen molar-refractivity contribution in [2.75, 3.05) is 0 Å². The number of hydrogen-bond donors (Lipinski definition) is 0. The quantitative estimate of drug-likeness (QED) is 0.414. The van der Waals surface area contributed by atoms with Crippen LogP contribution in [0.5, 0.6) is 0 Å². The van der Waals surface area contributed by atoms with Gasteiger partial charge in [0.2, 0.25) is 0 Å². The van der Waals surface area contributed by atoms with Crippen LogP contribution < -0.4 is 0 Å². The van der Waals surface area contributed by atoms with E-state index in [-0.39, 0.29) is 0 Å². The van der Waals surface area contributed by atoms with E-state index in [4.69, 9.17) is 0 Å². The average Bonchev–Trinajstić information content (AvgIpc) is 1.35. The van der Waals surface area contributed by atoms with E-state index >= 15 is 0 Å². The topological polar surface area (TPSA) is 35.5 Å². The lowest BCUT2D eigenvalue weighted by atomic mass is 10.9. The van der Waals surface area contributed by atoms with Crippen LogP contribution >= 0.6 is 16.3 Å². The van der Waals surface area contributed by atoms with Gasteiger partial charge in [0.15, 0.2) is 16.3 Å². The largest absolute Gasteiger partial charge is 0.340 e. The molecule has 0 aliphatic carbocycles. The lowest BCUT2D eigenvalue weighted by Gasteiger charge is -1.84. The number of rotatable bonds is 1. The van der Waals surface area contributed by atoms with Crippen LogP contribution in [0.25, 0.3) is 0 Å². The Bertz CT molecular complexity index is 52.8. The molecule has 0 aromatic rings. The fourth-order valence-corrected chi connectivity index (χ4v) is 0.230. The minimum absolute atomic E-state index is 0.480. The van der Waals surface area contributed by atoms with Gasteiger partial charge in [0, 0.05) is 6.92 Å². The van der Waals surface area contributed by atoms with Gasteiger partial charge in [-0.25, -0.2) is 4.79 Å². The monoisotopic (exact) mass is 154 g/mol. The summed E-state index contributed by atoms with van der Waals surface area (Å²) in [4.78, 5) is 13.5. The molecule has 0 spiro atoms. The summed E-state index contributed by atoms with van der Waals surface area (Å²) in [6.07, 6.45) is 0. The molecule has 0 saturated carbocycles. The van der Waals surface area contributed by atoms with Crippen LogP contribution in [0, 0.1) is 0 Å². The predicted octanol–water partition coefficient (Wildman–Crippen LogP) is 0.791. The Morgan fingerprint density at radius 2 is 2.33 bits per heavy atom. The molecule has 0 fully saturated rings. The number of carbonyl (C=O) groups excluding carboxylic acids is 1. The normalized spacial score (nSPS) is 7.67. The second kappa shape index (κ2) is 3.11. The van der Waals surface area contributed by atoms with Crippen LogP contribution in [0.4, 0.5) is 0 Å². The van der Waals surface area contributed by atoms with Gasteiger partial charge in [-0.1, -0.05) is 0 Å². The van der Waals surface area contributed by atoms with Crippen LogP contribution in [-0.2, 0) is 13.7 Å². The molecule has 0 bridgehead atoms.